The fraction of sp³-hybridized carbons (Fsp3) is 0.0667. The Morgan fingerprint density at radius 1 is 0.625 bits per heavy atom. The summed E-state index contributed by atoms with van der Waals surface area (Å²) in [7, 11) is 0. The van der Waals surface area contributed by atoms with Gasteiger partial charge in [0.1, 0.15) is 0 Å². The second-order valence-corrected chi connectivity index (χ2v) is 8.35. The van der Waals surface area contributed by atoms with Crippen LogP contribution in [0.2, 0.25) is 0 Å². The molecule has 2 heteroatoms. The molecule has 0 bridgehead atoms. The van der Waals surface area contributed by atoms with E-state index in [1.165, 1.54) is 27.8 Å². The highest BCUT2D eigenvalue weighted by Gasteiger charge is 2.47. The summed E-state index contributed by atoms with van der Waals surface area (Å²) in [4.78, 5) is 10.0. The Balaban J connectivity index is 1.75. The SMILES string of the molecule is Cc1cccc(C2(c3ccccc3)c3ccccc3-c3cnc(-c4ccccc4)nc32)c1. The fourth-order valence-electron chi connectivity index (χ4n) is 5.08. The highest BCUT2D eigenvalue weighted by Crippen LogP contribution is 2.55. The molecule has 0 fully saturated rings. The van der Waals surface area contributed by atoms with Gasteiger partial charge in [-0.2, -0.15) is 0 Å². The zero-order valence-electron chi connectivity index (χ0n) is 17.9. The van der Waals surface area contributed by atoms with Gasteiger partial charge in [0.15, 0.2) is 5.82 Å². The van der Waals surface area contributed by atoms with Crippen LogP contribution in [0.5, 0.6) is 0 Å². The smallest absolute Gasteiger partial charge is 0.159 e. The predicted octanol–water partition coefficient (Wildman–Crippen LogP) is 6.82. The van der Waals surface area contributed by atoms with Gasteiger partial charge >= 0.3 is 0 Å². The maximum atomic E-state index is 5.26. The number of nitrogens with zero attached hydrogens (tertiary/aromatic N) is 2. The van der Waals surface area contributed by atoms with Gasteiger partial charge in [0.05, 0.1) is 11.1 Å². The maximum absolute atomic E-state index is 5.26. The van der Waals surface area contributed by atoms with E-state index in [0.717, 1.165) is 22.6 Å². The first-order valence-electron chi connectivity index (χ1n) is 10.9. The van der Waals surface area contributed by atoms with E-state index < -0.39 is 5.41 Å². The van der Waals surface area contributed by atoms with Crippen molar-refractivity contribution in [3.8, 4) is 22.5 Å². The number of aryl methyl sites for hydroxylation is 1. The van der Waals surface area contributed by atoms with E-state index in [9.17, 15) is 0 Å². The minimum atomic E-state index is -0.494. The van der Waals surface area contributed by atoms with E-state index in [4.69, 9.17) is 9.97 Å². The topological polar surface area (TPSA) is 25.8 Å². The van der Waals surface area contributed by atoms with Crippen molar-refractivity contribution in [3.63, 3.8) is 0 Å². The van der Waals surface area contributed by atoms with Crippen LogP contribution in [0, 0.1) is 6.92 Å². The first kappa shape index (κ1) is 18.7. The summed E-state index contributed by atoms with van der Waals surface area (Å²) in [6.07, 6.45) is 2.00. The lowest BCUT2D eigenvalue weighted by Gasteiger charge is -2.33. The van der Waals surface area contributed by atoms with E-state index in [-0.39, 0.29) is 0 Å². The van der Waals surface area contributed by atoms with E-state index in [1.807, 2.05) is 24.4 Å². The molecule has 6 rings (SSSR count). The van der Waals surface area contributed by atoms with Crippen LogP contribution in [0.15, 0.2) is 115 Å². The highest BCUT2D eigenvalue weighted by molar-refractivity contribution is 5.85. The molecule has 0 saturated carbocycles. The molecule has 5 aromatic rings. The first-order valence-corrected chi connectivity index (χ1v) is 10.9. The molecule has 1 heterocycles. The largest absolute Gasteiger partial charge is 0.236 e. The van der Waals surface area contributed by atoms with E-state index in [1.54, 1.807) is 0 Å². The van der Waals surface area contributed by atoms with Crippen molar-refractivity contribution in [2.24, 2.45) is 0 Å². The highest BCUT2D eigenvalue weighted by atomic mass is 14.9. The van der Waals surface area contributed by atoms with Crippen LogP contribution in [0.1, 0.15) is 27.9 Å². The second kappa shape index (κ2) is 7.28. The summed E-state index contributed by atoms with van der Waals surface area (Å²) in [6.45, 7) is 2.15. The van der Waals surface area contributed by atoms with Crippen molar-refractivity contribution < 1.29 is 0 Å². The second-order valence-electron chi connectivity index (χ2n) is 8.35. The number of hydrogen-bond donors (Lipinski definition) is 0. The average Bonchev–Trinajstić information content (AvgIpc) is 3.16. The molecule has 2 nitrogen and oxygen atoms in total. The number of aromatic nitrogens is 2. The van der Waals surface area contributed by atoms with Crippen LogP contribution in [-0.2, 0) is 5.41 Å². The summed E-state index contributed by atoms with van der Waals surface area (Å²) in [5.74, 6) is 0.755. The monoisotopic (exact) mass is 410 g/mol. The number of benzene rings is 4. The molecule has 4 aromatic carbocycles. The Morgan fingerprint density at radius 2 is 1.31 bits per heavy atom. The molecule has 1 aromatic heterocycles. The lowest BCUT2D eigenvalue weighted by molar-refractivity contribution is 0.735. The lowest BCUT2D eigenvalue weighted by atomic mass is 9.69. The van der Waals surface area contributed by atoms with E-state index in [0.29, 0.717) is 0 Å². The third kappa shape index (κ3) is 2.66. The zero-order chi connectivity index (χ0) is 21.5. The lowest BCUT2D eigenvalue weighted by Crippen LogP contribution is -2.30. The van der Waals surface area contributed by atoms with E-state index in [2.05, 4.69) is 97.9 Å². The Labute approximate surface area is 188 Å². The van der Waals surface area contributed by atoms with Gasteiger partial charge < -0.3 is 0 Å². The zero-order valence-corrected chi connectivity index (χ0v) is 17.9. The Bertz CT molecular complexity index is 1420. The summed E-state index contributed by atoms with van der Waals surface area (Å²) < 4.78 is 0. The van der Waals surface area contributed by atoms with Gasteiger partial charge in [-0.05, 0) is 29.2 Å². The average molecular weight is 411 g/mol. The standard InChI is InChI=1S/C30H22N2/c1-21-11-10-16-24(19-21)30(23-14-6-3-7-15-23)27-18-9-8-17-25(27)26-20-31-29(32-28(26)30)22-12-4-2-5-13-22/h2-20H,1H3. The van der Waals surface area contributed by atoms with Crippen LogP contribution in [0.4, 0.5) is 0 Å². The minimum absolute atomic E-state index is 0.494. The molecule has 0 aliphatic heterocycles. The van der Waals surface area contributed by atoms with Crippen molar-refractivity contribution >= 4 is 0 Å². The Kier molecular flexibility index (Phi) is 4.26. The van der Waals surface area contributed by atoms with Crippen molar-refractivity contribution in [3.05, 3.63) is 143 Å². The van der Waals surface area contributed by atoms with Gasteiger partial charge in [0, 0.05) is 17.3 Å². The van der Waals surface area contributed by atoms with Gasteiger partial charge in [-0.3, -0.25) is 0 Å². The minimum Gasteiger partial charge on any atom is -0.236 e. The molecule has 32 heavy (non-hydrogen) atoms. The normalized spacial score (nSPS) is 16.4. The Hall–Kier alpha value is -4.04. The number of hydrogen-bond acceptors (Lipinski definition) is 2. The molecule has 0 N–H and O–H groups in total. The van der Waals surface area contributed by atoms with Crippen LogP contribution < -0.4 is 0 Å². The summed E-state index contributed by atoms with van der Waals surface area (Å²) in [5, 5.41) is 0. The first-order chi connectivity index (χ1) is 15.8. The van der Waals surface area contributed by atoms with E-state index >= 15 is 0 Å². The van der Waals surface area contributed by atoms with Crippen molar-refractivity contribution in [1.82, 2.24) is 9.97 Å². The molecule has 1 unspecified atom stereocenters. The van der Waals surface area contributed by atoms with Gasteiger partial charge in [-0.15, -0.1) is 0 Å². The third-order valence-corrected chi connectivity index (χ3v) is 6.46. The molecule has 1 aliphatic carbocycles. The van der Waals surface area contributed by atoms with Crippen molar-refractivity contribution in [2.75, 3.05) is 0 Å². The number of rotatable bonds is 3. The van der Waals surface area contributed by atoms with Gasteiger partial charge in [0.2, 0.25) is 0 Å². The molecular formula is C30H22N2. The Morgan fingerprint density at radius 3 is 2.09 bits per heavy atom. The predicted molar refractivity (Wildman–Crippen MR) is 130 cm³/mol. The van der Waals surface area contributed by atoms with Crippen molar-refractivity contribution in [2.45, 2.75) is 12.3 Å². The van der Waals surface area contributed by atoms with Gasteiger partial charge in [-0.25, -0.2) is 9.97 Å². The number of fused-ring (bicyclic) bond motifs is 3. The van der Waals surface area contributed by atoms with Crippen molar-refractivity contribution in [1.29, 1.82) is 0 Å². The fourth-order valence-corrected chi connectivity index (χ4v) is 5.08. The van der Waals surface area contributed by atoms with Crippen LogP contribution in [-0.4, -0.2) is 9.97 Å². The third-order valence-electron chi connectivity index (χ3n) is 6.46. The summed E-state index contributed by atoms with van der Waals surface area (Å²) in [5.41, 5.74) is 8.82. The molecule has 0 spiro atoms. The maximum Gasteiger partial charge on any atom is 0.159 e. The van der Waals surface area contributed by atoms with Crippen LogP contribution in [0.3, 0.4) is 0 Å². The summed E-state index contributed by atoms with van der Waals surface area (Å²) in [6, 6.07) is 38.5. The molecular weight excluding hydrogens is 388 g/mol. The molecule has 0 saturated heterocycles. The quantitative estimate of drug-likeness (QED) is 0.320. The summed E-state index contributed by atoms with van der Waals surface area (Å²) >= 11 is 0. The molecule has 0 amide bonds. The van der Waals surface area contributed by atoms with Gasteiger partial charge in [-0.1, -0.05) is 115 Å². The van der Waals surface area contributed by atoms with Gasteiger partial charge in [0.25, 0.3) is 0 Å². The molecule has 152 valence electrons. The molecule has 0 radical (unpaired) electrons. The van der Waals surface area contributed by atoms with Crippen LogP contribution in [0.25, 0.3) is 22.5 Å². The van der Waals surface area contributed by atoms with Crippen LogP contribution >= 0.6 is 0 Å². The molecule has 1 aliphatic rings. The molecule has 1 atom stereocenters.